The van der Waals surface area contributed by atoms with E-state index in [1.54, 1.807) is 0 Å². The summed E-state index contributed by atoms with van der Waals surface area (Å²) in [5, 5.41) is 14.6. The molecule has 0 aromatic heterocycles. The monoisotopic (exact) mass is 613 g/mol. The second-order valence-electron chi connectivity index (χ2n) is 16.1. The Hall–Kier alpha value is -2.22. The van der Waals surface area contributed by atoms with Crippen molar-refractivity contribution in [3.05, 3.63) is 12.2 Å². The summed E-state index contributed by atoms with van der Waals surface area (Å²) in [5.41, 5.74) is 1.36. The first kappa shape index (κ1) is 33.2. The van der Waals surface area contributed by atoms with Crippen molar-refractivity contribution in [2.45, 2.75) is 113 Å². The first-order valence-corrected chi connectivity index (χ1v) is 16.9. The number of carbonyl (C=O) groups is 3. The highest BCUT2D eigenvalue weighted by molar-refractivity contribution is 5.91. The number of carbonyl (C=O) groups excluding carboxylic acids is 3. The molecule has 8 heteroatoms. The molecule has 1 N–H and O–H groups in total. The fraction of sp³-hybridized carbons (Fsp3) is 0.833. The zero-order chi connectivity index (χ0) is 32.3. The minimum atomic E-state index is -0.519. The van der Waals surface area contributed by atoms with Gasteiger partial charge in [0.1, 0.15) is 6.61 Å². The van der Waals surface area contributed by atoms with E-state index >= 15 is 0 Å². The number of oxime groups is 1. The van der Waals surface area contributed by atoms with Gasteiger partial charge in [-0.15, -0.1) is 0 Å². The molecule has 0 aromatic rings. The van der Waals surface area contributed by atoms with E-state index in [1.165, 1.54) is 20.8 Å². The predicted molar refractivity (Wildman–Crippen MR) is 167 cm³/mol. The number of hydrogen-bond acceptors (Lipinski definition) is 8. The molecular weight excluding hydrogens is 558 g/mol. The van der Waals surface area contributed by atoms with Crippen molar-refractivity contribution in [1.82, 2.24) is 0 Å². The van der Waals surface area contributed by atoms with Crippen LogP contribution in [0.4, 0.5) is 0 Å². The molecule has 5 aliphatic carbocycles. The molecule has 0 radical (unpaired) electrons. The molecule has 10 atom stereocenters. The van der Waals surface area contributed by atoms with Crippen molar-refractivity contribution in [2.75, 3.05) is 19.8 Å². The van der Waals surface area contributed by atoms with Crippen LogP contribution in [0.2, 0.25) is 0 Å². The Morgan fingerprint density at radius 2 is 1.50 bits per heavy atom. The number of esters is 2. The first-order chi connectivity index (χ1) is 20.6. The van der Waals surface area contributed by atoms with Gasteiger partial charge in [-0.25, -0.2) is 4.79 Å². The minimum absolute atomic E-state index is 0.00116. The molecule has 0 aliphatic heterocycles. The van der Waals surface area contributed by atoms with Crippen molar-refractivity contribution in [1.29, 1.82) is 0 Å². The van der Waals surface area contributed by atoms with E-state index in [2.05, 4.69) is 39.4 Å². The normalized spacial score (nSPS) is 45.3. The van der Waals surface area contributed by atoms with E-state index in [4.69, 9.17) is 14.3 Å². The molecule has 0 bridgehead atoms. The third-order valence-corrected chi connectivity index (χ3v) is 14.4. The van der Waals surface area contributed by atoms with Crippen molar-refractivity contribution >= 4 is 23.6 Å². The van der Waals surface area contributed by atoms with Gasteiger partial charge in [0.05, 0.1) is 18.9 Å². The Balaban J connectivity index is 1.52. The van der Waals surface area contributed by atoms with Gasteiger partial charge in [0.25, 0.3) is 0 Å². The third kappa shape index (κ3) is 4.96. The highest BCUT2D eigenvalue weighted by Crippen LogP contribution is 2.77. The second-order valence-corrected chi connectivity index (χ2v) is 16.1. The number of fused-ring (bicyclic) bond motifs is 7. The van der Waals surface area contributed by atoms with Crippen LogP contribution in [0.5, 0.6) is 0 Å². The van der Waals surface area contributed by atoms with Crippen molar-refractivity contribution in [3.8, 4) is 0 Å². The highest BCUT2D eigenvalue weighted by atomic mass is 16.7. The number of rotatable bonds is 7. The second kappa shape index (κ2) is 11.5. The number of hydrogen-bond donors (Lipinski definition) is 1. The molecule has 5 fully saturated rings. The summed E-state index contributed by atoms with van der Waals surface area (Å²) in [6, 6.07) is 0. The van der Waals surface area contributed by atoms with Gasteiger partial charge in [0, 0.05) is 31.6 Å². The van der Waals surface area contributed by atoms with Gasteiger partial charge in [-0.3, -0.25) is 9.59 Å². The Morgan fingerprint density at radius 3 is 2.14 bits per heavy atom. The third-order valence-electron chi connectivity index (χ3n) is 14.4. The lowest BCUT2D eigenvalue weighted by atomic mass is 9.32. The van der Waals surface area contributed by atoms with E-state index in [1.807, 2.05) is 0 Å². The molecule has 0 aromatic carbocycles. The zero-order valence-corrected chi connectivity index (χ0v) is 28.1. The number of nitrogens with zero attached hydrogens (tertiary/aromatic N) is 1. The summed E-state index contributed by atoms with van der Waals surface area (Å²) in [5.74, 6) is 0.776. The van der Waals surface area contributed by atoms with Crippen LogP contribution in [0, 0.1) is 56.7 Å². The predicted octanol–water partition coefficient (Wildman–Crippen LogP) is 6.64. The maximum atomic E-state index is 12.0. The molecule has 0 saturated heterocycles. The molecule has 8 nitrogen and oxygen atoms in total. The van der Waals surface area contributed by atoms with E-state index in [0.717, 1.165) is 69.1 Å². The average molecular weight is 614 g/mol. The molecule has 5 aliphatic rings. The van der Waals surface area contributed by atoms with E-state index in [0.29, 0.717) is 30.8 Å². The highest BCUT2D eigenvalue weighted by Gasteiger charge is 2.71. The first-order valence-electron chi connectivity index (χ1n) is 16.9. The van der Waals surface area contributed by atoms with E-state index < -0.39 is 11.4 Å². The maximum absolute atomic E-state index is 12.0. The van der Waals surface area contributed by atoms with Crippen molar-refractivity contribution < 1.29 is 33.8 Å². The van der Waals surface area contributed by atoms with Gasteiger partial charge in [0.15, 0.2) is 0 Å². The van der Waals surface area contributed by atoms with Crippen LogP contribution in [0.15, 0.2) is 17.3 Å². The topological polar surface area (TPSA) is 111 Å². The largest absolute Gasteiger partial charge is 0.465 e. The van der Waals surface area contributed by atoms with Crippen LogP contribution < -0.4 is 0 Å². The van der Waals surface area contributed by atoms with Crippen LogP contribution in [0.1, 0.15) is 113 Å². The van der Waals surface area contributed by atoms with Crippen LogP contribution >= 0.6 is 0 Å². The Bertz CT molecular complexity index is 1230. The number of aliphatic hydroxyl groups excluding tert-OH is 1. The zero-order valence-electron chi connectivity index (χ0n) is 28.1. The molecule has 0 amide bonds. The van der Waals surface area contributed by atoms with Crippen molar-refractivity contribution in [2.24, 2.45) is 61.8 Å². The van der Waals surface area contributed by atoms with E-state index in [9.17, 15) is 19.5 Å². The van der Waals surface area contributed by atoms with Gasteiger partial charge in [-0.2, -0.15) is 0 Å². The molecule has 44 heavy (non-hydrogen) atoms. The average Bonchev–Trinajstić information content (AvgIpc) is 3.34. The minimum Gasteiger partial charge on any atom is -0.465 e. The molecular formula is C36H55NO7. The fourth-order valence-corrected chi connectivity index (χ4v) is 12.1. The van der Waals surface area contributed by atoms with Crippen LogP contribution in [-0.4, -0.2) is 48.5 Å². The lowest BCUT2D eigenvalue weighted by molar-refractivity contribution is -0.234. The summed E-state index contributed by atoms with van der Waals surface area (Å²) in [6.07, 6.45) is 10.1. The van der Waals surface area contributed by atoms with Crippen LogP contribution in [-0.2, 0) is 28.7 Å². The summed E-state index contributed by atoms with van der Waals surface area (Å²) < 4.78 is 11.5. The Morgan fingerprint density at radius 1 is 0.818 bits per heavy atom. The molecule has 5 rings (SSSR count). The summed E-state index contributed by atoms with van der Waals surface area (Å²) in [7, 11) is 0. The SMILES string of the molecule is C=C(CO)[C@@H]1CC[C@]2(COC(C)=O)CC[C@]3(C)[C@H](CC[C@@H]4[C@@]5(C)CC/C(=N\OC(C)=O)[C@@](C)(COC(C)=O)[C@@H]5CC[C@]43C)[C@@H]12. The number of aliphatic hydroxyl groups is 1. The maximum Gasteiger partial charge on any atom is 0.331 e. The fourth-order valence-electron chi connectivity index (χ4n) is 12.1. The standard InChI is InChI=1S/C36H55NO7/c1-22(19-38)26-11-16-36(21-43-24(3)40)18-17-34(7)27(31(26)36)9-10-29-32(5)14-13-30(37-44-25(4)41)33(6,20-42-23(2)39)28(32)12-15-35(29,34)8/h26-29,31,38H,1,9-21H2,2-8H3/b37-30+/t26-,27+,28+,29+,31+,32-,33-,34+,35+,36+/m0/s1. The quantitative estimate of drug-likeness (QED) is 0.148. The molecule has 246 valence electrons. The van der Waals surface area contributed by atoms with Gasteiger partial charge in [-0.1, -0.05) is 39.4 Å². The summed E-state index contributed by atoms with van der Waals surface area (Å²) in [6.45, 7) is 19.1. The number of ether oxygens (including phenoxy) is 2. The van der Waals surface area contributed by atoms with Crippen LogP contribution in [0.25, 0.3) is 0 Å². The van der Waals surface area contributed by atoms with E-state index in [-0.39, 0.29) is 58.6 Å². The summed E-state index contributed by atoms with van der Waals surface area (Å²) in [4.78, 5) is 40.9. The van der Waals surface area contributed by atoms with Gasteiger partial charge in [0.2, 0.25) is 0 Å². The Kier molecular flexibility index (Phi) is 8.69. The van der Waals surface area contributed by atoms with Crippen LogP contribution in [0.3, 0.4) is 0 Å². The summed E-state index contributed by atoms with van der Waals surface area (Å²) >= 11 is 0. The van der Waals surface area contributed by atoms with Crippen molar-refractivity contribution in [3.63, 3.8) is 0 Å². The van der Waals surface area contributed by atoms with Gasteiger partial charge < -0.3 is 19.4 Å². The van der Waals surface area contributed by atoms with Gasteiger partial charge in [-0.05, 0) is 116 Å². The lowest BCUT2D eigenvalue weighted by Crippen LogP contribution is -2.67. The van der Waals surface area contributed by atoms with Gasteiger partial charge >= 0.3 is 17.9 Å². The molecule has 0 heterocycles. The molecule has 0 spiro atoms. The molecule has 5 saturated carbocycles. The Labute approximate surface area is 263 Å². The smallest absolute Gasteiger partial charge is 0.331 e. The molecule has 0 unspecified atom stereocenters. The lowest BCUT2D eigenvalue weighted by Gasteiger charge is -2.72.